The van der Waals surface area contributed by atoms with Gasteiger partial charge in [0.2, 0.25) is 17.6 Å². The lowest BCUT2D eigenvalue weighted by Crippen LogP contribution is -2.31. The van der Waals surface area contributed by atoms with Crippen molar-refractivity contribution in [1.29, 1.82) is 0 Å². The third kappa shape index (κ3) is 4.24. The molecule has 1 amide bonds. The van der Waals surface area contributed by atoms with Crippen LogP contribution in [0.3, 0.4) is 0 Å². The molecule has 1 atom stereocenters. The van der Waals surface area contributed by atoms with Crippen LogP contribution in [-0.2, 0) is 0 Å². The van der Waals surface area contributed by atoms with Crippen LogP contribution in [0.4, 0.5) is 13.2 Å². The molecule has 0 N–H and O–H groups in total. The Balaban J connectivity index is 1.44. The molecule has 1 fully saturated rings. The van der Waals surface area contributed by atoms with E-state index in [0.717, 1.165) is 0 Å². The fraction of sp³-hybridized carbons (Fsp3) is 0.217. The van der Waals surface area contributed by atoms with Crippen LogP contribution < -0.4 is 4.74 Å². The second kappa shape index (κ2) is 8.65. The summed E-state index contributed by atoms with van der Waals surface area (Å²) >= 11 is 0. The maximum atomic E-state index is 13.5. The summed E-state index contributed by atoms with van der Waals surface area (Å²) in [7, 11) is 0. The number of nitrogens with zero attached hydrogens (tertiary/aromatic N) is 4. The number of alkyl halides is 3. The molecule has 0 aliphatic carbocycles. The molecule has 3 heterocycles. The lowest BCUT2D eigenvalue weighted by Gasteiger charge is -2.22. The smallest absolute Gasteiger partial charge is 0.445 e. The Morgan fingerprint density at radius 2 is 1.85 bits per heavy atom. The van der Waals surface area contributed by atoms with Crippen LogP contribution in [0.2, 0.25) is 0 Å². The van der Waals surface area contributed by atoms with Gasteiger partial charge < -0.3 is 18.6 Å². The van der Waals surface area contributed by atoms with Gasteiger partial charge in [-0.25, -0.2) is 4.98 Å². The number of amides is 1. The molecular formula is C23H17F3N4O4. The van der Waals surface area contributed by atoms with Gasteiger partial charge in [0.05, 0.1) is 17.3 Å². The third-order valence-corrected chi connectivity index (χ3v) is 5.41. The van der Waals surface area contributed by atoms with Crippen molar-refractivity contribution in [2.75, 3.05) is 6.54 Å². The van der Waals surface area contributed by atoms with Crippen molar-refractivity contribution in [2.45, 2.75) is 25.2 Å². The first-order valence-electron chi connectivity index (χ1n) is 10.4. The summed E-state index contributed by atoms with van der Waals surface area (Å²) < 4.78 is 53.2. The first-order valence-corrected chi connectivity index (χ1v) is 10.4. The molecule has 0 radical (unpaired) electrons. The number of hydrogen-bond acceptors (Lipinski definition) is 7. The first-order chi connectivity index (χ1) is 16.4. The molecule has 1 saturated heterocycles. The van der Waals surface area contributed by atoms with Crippen molar-refractivity contribution in [1.82, 2.24) is 20.0 Å². The number of ether oxygens (including phenoxy) is 1. The molecule has 0 unspecified atom stereocenters. The number of halogens is 3. The second-order valence-corrected chi connectivity index (χ2v) is 7.54. The molecule has 4 aromatic rings. The van der Waals surface area contributed by atoms with E-state index in [0.29, 0.717) is 36.4 Å². The predicted molar refractivity (Wildman–Crippen MR) is 111 cm³/mol. The molecule has 1 aliphatic heterocycles. The molecule has 0 spiro atoms. The number of benzene rings is 2. The van der Waals surface area contributed by atoms with E-state index in [1.165, 1.54) is 30.7 Å². The van der Waals surface area contributed by atoms with E-state index in [1.54, 1.807) is 35.2 Å². The van der Waals surface area contributed by atoms with E-state index in [-0.39, 0.29) is 23.2 Å². The summed E-state index contributed by atoms with van der Waals surface area (Å²) in [4.78, 5) is 23.5. The maximum Gasteiger partial charge on any atom is 0.573 e. The Kier molecular flexibility index (Phi) is 5.52. The van der Waals surface area contributed by atoms with Gasteiger partial charge in [0, 0.05) is 12.1 Å². The Hall–Kier alpha value is -4.15. The van der Waals surface area contributed by atoms with E-state index in [9.17, 15) is 18.0 Å². The molecule has 34 heavy (non-hydrogen) atoms. The van der Waals surface area contributed by atoms with E-state index in [4.69, 9.17) is 8.94 Å². The highest BCUT2D eigenvalue weighted by atomic mass is 19.4. The average Bonchev–Trinajstić information content (AvgIpc) is 3.59. The van der Waals surface area contributed by atoms with Gasteiger partial charge in [0.25, 0.3) is 5.91 Å². The monoisotopic (exact) mass is 470 g/mol. The van der Waals surface area contributed by atoms with Gasteiger partial charge in [-0.1, -0.05) is 29.4 Å². The van der Waals surface area contributed by atoms with Gasteiger partial charge in [0.1, 0.15) is 18.1 Å². The van der Waals surface area contributed by atoms with Gasteiger partial charge in [0.15, 0.2) is 0 Å². The molecule has 2 aromatic heterocycles. The van der Waals surface area contributed by atoms with Crippen LogP contribution in [0.5, 0.6) is 5.75 Å². The highest BCUT2D eigenvalue weighted by Gasteiger charge is 2.36. The largest absolute Gasteiger partial charge is 0.573 e. The quantitative estimate of drug-likeness (QED) is 0.392. The van der Waals surface area contributed by atoms with Gasteiger partial charge in [-0.05, 0) is 37.1 Å². The summed E-state index contributed by atoms with van der Waals surface area (Å²) in [6, 6.07) is 11.9. The van der Waals surface area contributed by atoms with E-state index < -0.39 is 18.2 Å². The average molecular weight is 470 g/mol. The standard InChI is InChI=1S/C23H17F3N4O4/c24-23(25,26)33-18-10-4-3-8-16(18)19-28-21(34-29-19)17-9-5-12-30(17)22(31)15-7-2-1-6-14(15)20-27-11-13-32-20/h1-4,6-8,10-11,13,17H,5,9,12H2/t17-/m0/s1. The summed E-state index contributed by atoms with van der Waals surface area (Å²) in [5.41, 5.74) is 0.980. The Morgan fingerprint density at radius 1 is 1.09 bits per heavy atom. The number of aromatic nitrogens is 3. The zero-order valence-corrected chi connectivity index (χ0v) is 17.5. The molecular weight excluding hydrogens is 453 g/mol. The summed E-state index contributed by atoms with van der Waals surface area (Å²) in [6.45, 7) is 0.453. The van der Waals surface area contributed by atoms with Crippen LogP contribution in [0.1, 0.15) is 35.1 Å². The normalized spacial score (nSPS) is 16.1. The van der Waals surface area contributed by atoms with E-state index in [2.05, 4.69) is 19.9 Å². The minimum absolute atomic E-state index is 0.0277. The molecule has 5 rings (SSSR count). The maximum absolute atomic E-state index is 13.5. The van der Waals surface area contributed by atoms with Crippen molar-refractivity contribution in [3.8, 4) is 28.6 Å². The van der Waals surface area contributed by atoms with Crippen LogP contribution in [-0.4, -0.2) is 38.8 Å². The SMILES string of the molecule is O=C(c1ccccc1-c1ncco1)N1CCC[C@H]1c1nc(-c2ccccc2OC(F)(F)F)no1. The number of carbonyl (C=O) groups is 1. The van der Waals surface area contributed by atoms with E-state index in [1.807, 2.05) is 0 Å². The van der Waals surface area contributed by atoms with Gasteiger partial charge in [-0.15, -0.1) is 13.2 Å². The highest BCUT2D eigenvalue weighted by Crippen LogP contribution is 2.37. The summed E-state index contributed by atoms with van der Waals surface area (Å²) in [6.07, 6.45) is -0.684. The topological polar surface area (TPSA) is 94.5 Å². The predicted octanol–water partition coefficient (Wildman–Crippen LogP) is 5.27. The molecule has 0 bridgehead atoms. The van der Waals surface area contributed by atoms with Crippen LogP contribution in [0, 0.1) is 0 Å². The van der Waals surface area contributed by atoms with Crippen molar-refractivity contribution in [3.05, 3.63) is 72.4 Å². The first kappa shape index (κ1) is 21.7. The Labute approximate surface area is 191 Å². The molecule has 1 aliphatic rings. The molecule has 8 nitrogen and oxygen atoms in total. The lowest BCUT2D eigenvalue weighted by atomic mass is 10.1. The van der Waals surface area contributed by atoms with Crippen LogP contribution >= 0.6 is 0 Å². The van der Waals surface area contributed by atoms with Gasteiger partial charge in [-0.3, -0.25) is 4.79 Å². The zero-order chi connectivity index (χ0) is 23.7. The van der Waals surface area contributed by atoms with E-state index >= 15 is 0 Å². The fourth-order valence-electron chi connectivity index (χ4n) is 3.98. The molecule has 0 saturated carbocycles. The number of hydrogen-bond donors (Lipinski definition) is 0. The van der Waals surface area contributed by atoms with Crippen molar-refractivity contribution >= 4 is 5.91 Å². The lowest BCUT2D eigenvalue weighted by molar-refractivity contribution is -0.274. The Bertz CT molecular complexity index is 1300. The summed E-state index contributed by atoms with van der Waals surface area (Å²) in [5.74, 6) is -0.315. The molecule has 11 heteroatoms. The van der Waals surface area contributed by atoms with Gasteiger partial charge in [-0.2, -0.15) is 4.98 Å². The van der Waals surface area contributed by atoms with Gasteiger partial charge >= 0.3 is 6.36 Å². The fourth-order valence-corrected chi connectivity index (χ4v) is 3.98. The van der Waals surface area contributed by atoms with Crippen molar-refractivity contribution in [2.24, 2.45) is 0 Å². The number of carbonyl (C=O) groups excluding carboxylic acids is 1. The number of rotatable bonds is 5. The van der Waals surface area contributed by atoms with Crippen LogP contribution in [0.15, 0.2) is 69.9 Å². The Morgan fingerprint density at radius 3 is 2.62 bits per heavy atom. The molecule has 174 valence electrons. The van der Waals surface area contributed by atoms with Crippen molar-refractivity contribution < 1.29 is 31.6 Å². The third-order valence-electron chi connectivity index (χ3n) is 5.41. The minimum Gasteiger partial charge on any atom is -0.445 e. The highest BCUT2D eigenvalue weighted by molar-refractivity contribution is 6.00. The number of oxazole rings is 1. The minimum atomic E-state index is -4.87. The number of para-hydroxylation sites is 1. The molecule has 2 aromatic carbocycles. The van der Waals surface area contributed by atoms with Crippen LogP contribution in [0.25, 0.3) is 22.8 Å². The summed E-state index contributed by atoms with van der Waals surface area (Å²) in [5, 5.41) is 3.85. The second-order valence-electron chi connectivity index (χ2n) is 7.54. The number of likely N-dealkylation sites (tertiary alicyclic amines) is 1. The van der Waals surface area contributed by atoms with Crippen molar-refractivity contribution in [3.63, 3.8) is 0 Å². The zero-order valence-electron chi connectivity index (χ0n) is 17.5.